The Labute approximate surface area is 188 Å². The quantitative estimate of drug-likeness (QED) is 0.599. The molecule has 156 valence electrons. The molecule has 0 saturated carbocycles. The Morgan fingerprint density at radius 2 is 1.90 bits per heavy atom. The number of nitrogens with zero attached hydrogens (tertiary/aromatic N) is 4. The largest absolute Gasteiger partial charge is 0.497 e. The van der Waals surface area contributed by atoms with Crippen LogP contribution in [0.1, 0.15) is 17.5 Å². The van der Waals surface area contributed by atoms with Crippen LogP contribution in [0.5, 0.6) is 5.75 Å². The van der Waals surface area contributed by atoms with Gasteiger partial charge >= 0.3 is 0 Å². The number of rotatable bonds is 4. The molecule has 2 aromatic carbocycles. The van der Waals surface area contributed by atoms with Crippen molar-refractivity contribution >= 4 is 58.3 Å². The summed E-state index contributed by atoms with van der Waals surface area (Å²) in [5, 5.41) is 7.56. The molecule has 3 heterocycles. The number of carbonyl (C=O) groups excluding carboxylic acids is 1. The van der Waals surface area contributed by atoms with Gasteiger partial charge in [0.15, 0.2) is 5.82 Å². The molecule has 0 aliphatic carbocycles. The highest BCUT2D eigenvalue weighted by Gasteiger charge is 2.38. The highest BCUT2D eigenvalue weighted by molar-refractivity contribution is 6.38. The van der Waals surface area contributed by atoms with Gasteiger partial charge in [0.2, 0.25) is 11.9 Å². The van der Waals surface area contributed by atoms with Gasteiger partial charge in [0.1, 0.15) is 5.75 Å². The Morgan fingerprint density at radius 1 is 1.13 bits per heavy atom. The van der Waals surface area contributed by atoms with Crippen molar-refractivity contribution in [1.82, 2.24) is 15.0 Å². The SMILES string of the molecule is COc1cccc(Nc2ncc3c(n2)N2CCC(=O)N2C(c2c(Cl)cccc2Cl)=C3)c1. The van der Waals surface area contributed by atoms with Gasteiger partial charge in [0, 0.05) is 35.5 Å². The number of hydrogen-bond acceptors (Lipinski definition) is 6. The van der Waals surface area contributed by atoms with Crippen LogP contribution >= 0.6 is 23.2 Å². The number of hydrazine groups is 1. The molecule has 1 N–H and O–H groups in total. The monoisotopic (exact) mass is 453 g/mol. The lowest BCUT2D eigenvalue weighted by molar-refractivity contribution is -0.125. The topological polar surface area (TPSA) is 70.6 Å². The fourth-order valence-electron chi connectivity index (χ4n) is 3.72. The Balaban J connectivity index is 1.58. The number of benzene rings is 2. The first-order valence-electron chi connectivity index (χ1n) is 9.60. The highest BCUT2D eigenvalue weighted by Crippen LogP contribution is 2.42. The van der Waals surface area contributed by atoms with Gasteiger partial charge < -0.3 is 10.1 Å². The smallest absolute Gasteiger partial charge is 0.247 e. The lowest BCUT2D eigenvalue weighted by Crippen LogP contribution is -2.40. The van der Waals surface area contributed by atoms with E-state index >= 15 is 0 Å². The van der Waals surface area contributed by atoms with Gasteiger partial charge in [-0.2, -0.15) is 4.98 Å². The van der Waals surface area contributed by atoms with Crippen molar-refractivity contribution < 1.29 is 9.53 Å². The third kappa shape index (κ3) is 3.45. The molecule has 2 aliphatic rings. The lowest BCUT2D eigenvalue weighted by atomic mass is 10.1. The van der Waals surface area contributed by atoms with Crippen LogP contribution in [0.15, 0.2) is 48.7 Å². The van der Waals surface area contributed by atoms with E-state index in [0.29, 0.717) is 46.0 Å². The summed E-state index contributed by atoms with van der Waals surface area (Å²) in [7, 11) is 1.61. The van der Waals surface area contributed by atoms with E-state index in [-0.39, 0.29) is 5.91 Å². The zero-order valence-electron chi connectivity index (χ0n) is 16.5. The third-order valence-electron chi connectivity index (χ3n) is 5.12. The van der Waals surface area contributed by atoms with E-state index in [4.69, 9.17) is 27.9 Å². The van der Waals surface area contributed by atoms with Crippen LogP contribution in [0.3, 0.4) is 0 Å². The van der Waals surface area contributed by atoms with Crippen molar-refractivity contribution in [3.05, 3.63) is 69.8 Å². The van der Waals surface area contributed by atoms with Crippen LogP contribution in [0.25, 0.3) is 11.8 Å². The minimum atomic E-state index is -0.0474. The van der Waals surface area contributed by atoms with Gasteiger partial charge in [-0.1, -0.05) is 35.3 Å². The molecule has 0 spiro atoms. The van der Waals surface area contributed by atoms with Crippen molar-refractivity contribution in [2.45, 2.75) is 6.42 Å². The number of anilines is 3. The molecule has 5 rings (SSSR count). The molecular weight excluding hydrogens is 437 g/mol. The van der Waals surface area contributed by atoms with Crippen molar-refractivity contribution in [3.8, 4) is 5.75 Å². The standard InChI is InChI=1S/C22H17Cl2N5O2/c1-31-15-5-2-4-14(11-15)26-22-25-12-13-10-18(20-16(23)6-3-7-17(20)24)29-19(30)8-9-28(29)21(13)27-22/h2-7,10-12H,8-9H2,1H3,(H,25,26,27). The van der Waals surface area contributed by atoms with Crippen molar-refractivity contribution in [2.24, 2.45) is 0 Å². The number of methoxy groups -OCH3 is 1. The fourth-order valence-corrected chi connectivity index (χ4v) is 4.31. The van der Waals surface area contributed by atoms with E-state index in [1.54, 1.807) is 36.5 Å². The zero-order valence-corrected chi connectivity index (χ0v) is 18.0. The second-order valence-corrected chi connectivity index (χ2v) is 7.85. The molecule has 1 amide bonds. The Morgan fingerprint density at radius 3 is 2.68 bits per heavy atom. The van der Waals surface area contributed by atoms with Crippen LogP contribution in [0, 0.1) is 0 Å². The zero-order chi connectivity index (χ0) is 21.5. The number of hydrogen-bond donors (Lipinski definition) is 1. The highest BCUT2D eigenvalue weighted by atomic mass is 35.5. The molecule has 1 saturated heterocycles. The number of aromatic nitrogens is 2. The average Bonchev–Trinajstić information content (AvgIpc) is 3.16. The van der Waals surface area contributed by atoms with E-state index in [9.17, 15) is 4.79 Å². The lowest BCUT2D eigenvalue weighted by Gasteiger charge is -2.35. The van der Waals surface area contributed by atoms with Crippen LogP contribution in [-0.4, -0.2) is 34.5 Å². The van der Waals surface area contributed by atoms with Crippen LogP contribution in [0.2, 0.25) is 10.0 Å². The van der Waals surface area contributed by atoms with E-state index in [0.717, 1.165) is 17.0 Å². The third-order valence-corrected chi connectivity index (χ3v) is 5.75. The molecule has 0 bridgehead atoms. The summed E-state index contributed by atoms with van der Waals surface area (Å²) in [5.74, 6) is 1.73. The van der Waals surface area contributed by atoms with Crippen molar-refractivity contribution in [1.29, 1.82) is 0 Å². The van der Waals surface area contributed by atoms with Gasteiger partial charge in [-0.05, 0) is 30.3 Å². The molecule has 1 aromatic heterocycles. The van der Waals surface area contributed by atoms with Crippen LogP contribution < -0.4 is 15.1 Å². The van der Waals surface area contributed by atoms with Gasteiger partial charge in [0.25, 0.3) is 0 Å². The Kier molecular flexibility index (Phi) is 4.92. The van der Waals surface area contributed by atoms with E-state index in [1.165, 1.54) is 0 Å². The maximum Gasteiger partial charge on any atom is 0.247 e. The second kappa shape index (κ2) is 7.76. The molecule has 7 nitrogen and oxygen atoms in total. The van der Waals surface area contributed by atoms with Gasteiger partial charge in [0.05, 0.1) is 29.4 Å². The molecule has 1 fully saturated rings. The predicted molar refractivity (Wildman–Crippen MR) is 121 cm³/mol. The maximum absolute atomic E-state index is 12.8. The normalized spacial score (nSPS) is 14.8. The molecule has 3 aromatic rings. The van der Waals surface area contributed by atoms with Gasteiger partial charge in [-0.25, -0.2) is 9.99 Å². The molecule has 2 aliphatic heterocycles. The summed E-state index contributed by atoms with van der Waals surface area (Å²) in [5.41, 5.74) is 2.79. The minimum absolute atomic E-state index is 0.0474. The predicted octanol–water partition coefficient (Wildman–Crippen LogP) is 5.00. The Hall–Kier alpha value is -3.29. The Bertz CT molecular complexity index is 1210. The number of amides is 1. The molecule has 0 radical (unpaired) electrons. The molecule has 31 heavy (non-hydrogen) atoms. The molecule has 0 atom stereocenters. The summed E-state index contributed by atoms with van der Waals surface area (Å²) in [4.78, 5) is 21.9. The van der Waals surface area contributed by atoms with Crippen molar-refractivity contribution in [3.63, 3.8) is 0 Å². The van der Waals surface area contributed by atoms with Crippen LogP contribution in [-0.2, 0) is 4.79 Å². The van der Waals surface area contributed by atoms with Crippen LogP contribution in [0.4, 0.5) is 17.5 Å². The van der Waals surface area contributed by atoms with Crippen molar-refractivity contribution in [2.75, 3.05) is 24.0 Å². The summed E-state index contributed by atoms with van der Waals surface area (Å²) < 4.78 is 5.26. The van der Waals surface area contributed by atoms with E-state index in [1.807, 2.05) is 35.4 Å². The summed E-state index contributed by atoms with van der Waals surface area (Å²) >= 11 is 12.9. The molecular formula is C22H17Cl2N5O2. The average molecular weight is 454 g/mol. The van der Waals surface area contributed by atoms with Gasteiger partial charge in [-0.15, -0.1) is 0 Å². The number of carbonyl (C=O) groups is 1. The first-order chi connectivity index (χ1) is 15.0. The summed E-state index contributed by atoms with van der Waals surface area (Å²) in [6, 6.07) is 12.8. The van der Waals surface area contributed by atoms with E-state index < -0.39 is 0 Å². The number of fused-ring (bicyclic) bond motifs is 3. The second-order valence-electron chi connectivity index (χ2n) is 7.03. The summed E-state index contributed by atoms with van der Waals surface area (Å²) in [6.45, 7) is 0.501. The molecule has 9 heteroatoms. The van der Waals surface area contributed by atoms with Gasteiger partial charge in [-0.3, -0.25) is 9.80 Å². The number of nitrogens with one attached hydrogen (secondary N) is 1. The summed E-state index contributed by atoms with van der Waals surface area (Å²) in [6.07, 6.45) is 3.93. The maximum atomic E-state index is 12.8. The first kappa shape index (κ1) is 19.7. The fraction of sp³-hybridized carbons (Fsp3) is 0.136. The number of halogens is 2. The molecule has 0 unspecified atom stereocenters. The minimum Gasteiger partial charge on any atom is -0.497 e. The van der Waals surface area contributed by atoms with E-state index in [2.05, 4.69) is 15.3 Å². The number of ether oxygens (including phenoxy) is 1. The first-order valence-corrected chi connectivity index (χ1v) is 10.4.